The molecule has 0 aliphatic carbocycles. The first-order valence-electron chi connectivity index (χ1n) is 6.30. The Kier molecular flexibility index (Phi) is 6.10. The van der Waals surface area contributed by atoms with Crippen LogP contribution in [0, 0.1) is 0 Å². The van der Waals surface area contributed by atoms with Crippen molar-refractivity contribution < 1.29 is 9.53 Å². The Labute approximate surface area is 107 Å². The zero-order valence-electron chi connectivity index (χ0n) is 10.2. The average molecular weight is 289 g/mol. The van der Waals surface area contributed by atoms with Crippen molar-refractivity contribution in [3.63, 3.8) is 0 Å². The normalized spacial score (nSPS) is 22.7. The minimum Gasteiger partial charge on any atom is -0.454 e. The third-order valence-corrected chi connectivity index (χ3v) is 3.73. The highest BCUT2D eigenvalue weighted by atomic mass is 79.9. The van der Waals surface area contributed by atoms with Crippen LogP contribution < -0.4 is 0 Å². The molecule has 0 amide bonds. The van der Waals surface area contributed by atoms with Crippen LogP contribution in [0.5, 0.6) is 0 Å². The number of rotatable bonds is 7. The molecule has 1 fully saturated rings. The molecular weight excluding hydrogens is 268 g/mol. The monoisotopic (exact) mass is 288 g/mol. The van der Waals surface area contributed by atoms with Gasteiger partial charge in [0.05, 0.1) is 5.57 Å². The number of cyclic esters (lactones) is 1. The van der Waals surface area contributed by atoms with Crippen molar-refractivity contribution in [2.75, 3.05) is 0 Å². The third-order valence-electron chi connectivity index (χ3n) is 2.90. The van der Waals surface area contributed by atoms with E-state index in [1.54, 1.807) is 0 Å². The Hall–Kier alpha value is -0.310. The van der Waals surface area contributed by atoms with Crippen molar-refractivity contribution in [2.45, 2.75) is 64.9 Å². The highest BCUT2D eigenvalue weighted by molar-refractivity contribution is 9.11. The molecule has 1 unspecified atom stereocenters. The first-order valence-corrected chi connectivity index (χ1v) is 7.09. The number of carbonyl (C=O) groups excluding carboxylic acids is 1. The molecule has 1 aliphatic rings. The molecule has 0 N–H and O–H groups in total. The highest BCUT2D eigenvalue weighted by Crippen LogP contribution is 2.33. The predicted octanol–water partition coefficient (Wildman–Crippen LogP) is 4.33. The van der Waals surface area contributed by atoms with Crippen molar-refractivity contribution in [3.05, 3.63) is 10.1 Å². The van der Waals surface area contributed by atoms with Crippen LogP contribution in [0.3, 0.4) is 0 Å². The lowest BCUT2D eigenvalue weighted by atomic mass is 9.97. The molecule has 1 rings (SSSR count). The Morgan fingerprint density at radius 1 is 1.25 bits per heavy atom. The molecule has 1 atom stereocenters. The molecule has 1 aliphatic heterocycles. The molecule has 0 radical (unpaired) electrons. The topological polar surface area (TPSA) is 26.3 Å². The zero-order valence-corrected chi connectivity index (χ0v) is 11.8. The summed E-state index contributed by atoms with van der Waals surface area (Å²) in [4.78, 5) is 11.4. The number of halogens is 1. The van der Waals surface area contributed by atoms with Gasteiger partial charge in [-0.25, -0.2) is 4.79 Å². The maximum Gasteiger partial charge on any atom is 0.339 e. The van der Waals surface area contributed by atoms with Crippen molar-refractivity contribution in [3.8, 4) is 0 Å². The van der Waals surface area contributed by atoms with E-state index in [-0.39, 0.29) is 12.1 Å². The van der Waals surface area contributed by atoms with E-state index in [0.29, 0.717) is 0 Å². The van der Waals surface area contributed by atoms with E-state index in [1.165, 1.54) is 12.8 Å². The SMILES string of the molecule is CCCCCC1OC(=O)/C1=C(\Br)CCCC. The van der Waals surface area contributed by atoms with Gasteiger partial charge in [0.1, 0.15) is 6.10 Å². The van der Waals surface area contributed by atoms with Crippen molar-refractivity contribution in [1.82, 2.24) is 0 Å². The van der Waals surface area contributed by atoms with Crippen LogP contribution in [-0.4, -0.2) is 12.1 Å². The molecule has 92 valence electrons. The first kappa shape index (κ1) is 13.8. The molecule has 0 aromatic carbocycles. The second kappa shape index (κ2) is 7.10. The van der Waals surface area contributed by atoms with E-state index < -0.39 is 0 Å². The van der Waals surface area contributed by atoms with E-state index in [1.807, 2.05) is 0 Å². The van der Waals surface area contributed by atoms with Gasteiger partial charge in [-0.2, -0.15) is 0 Å². The molecular formula is C13H21BrO2. The summed E-state index contributed by atoms with van der Waals surface area (Å²) in [5, 5.41) is 0. The van der Waals surface area contributed by atoms with Gasteiger partial charge in [0.25, 0.3) is 0 Å². The molecule has 0 aromatic heterocycles. The third kappa shape index (κ3) is 3.62. The van der Waals surface area contributed by atoms with Gasteiger partial charge < -0.3 is 4.74 Å². The highest BCUT2D eigenvalue weighted by Gasteiger charge is 2.37. The van der Waals surface area contributed by atoms with Crippen LogP contribution in [0.4, 0.5) is 0 Å². The molecule has 0 aromatic rings. The van der Waals surface area contributed by atoms with Gasteiger partial charge in [0, 0.05) is 4.48 Å². The van der Waals surface area contributed by atoms with Crippen LogP contribution in [0.2, 0.25) is 0 Å². The van der Waals surface area contributed by atoms with E-state index in [9.17, 15) is 4.79 Å². The van der Waals surface area contributed by atoms with Gasteiger partial charge in [-0.3, -0.25) is 0 Å². The summed E-state index contributed by atoms with van der Waals surface area (Å²) < 4.78 is 6.23. The van der Waals surface area contributed by atoms with Crippen LogP contribution >= 0.6 is 15.9 Å². The number of esters is 1. The van der Waals surface area contributed by atoms with Gasteiger partial charge in [0.2, 0.25) is 0 Å². The fourth-order valence-electron chi connectivity index (χ4n) is 1.86. The maximum absolute atomic E-state index is 11.4. The van der Waals surface area contributed by atoms with E-state index >= 15 is 0 Å². The number of allylic oxidation sites excluding steroid dienone is 1. The van der Waals surface area contributed by atoms with Gasteiger partial charge in [-0.15, -0.1) is 0 Å². The van der Waals surface area contributed by atoms with Crippen LogP contribution in [0.25, 0.3) is 0 Å². The van der Waals surface area contributed by atoms with Crippen molar-refractivity contribution >= 4 is 21.9 Å². The largest absolute Gasteiger partial charge is 0.454 e. The van der Waals surface area contributed by atoms with Crippen LogP contribution in [-0.2, 0) is 9.53 Å². The predicted molar refractivity (Wildman–Crippen MR) is 69.5 cm³/mol. The van der Waals surface area contributed by atoms with Gasteiger partial charge in [-0.05, 0) is 25.7 Å². The van der Waals surface area contributed by atoms with Crippen molar-refractivity contribution in [2.24, 2.45) is 0 Å². The Bertz CT molecular complexity index is 271. The summed E-state index contributed by atoms with van der Waals surface area (Å²) >= 11 is 3.52. The average Bonchev–Trinajstić information content (AvgIpc) is 2.25. The smallest absolute Gasteiger partial charge is 0.339 e. The molecule has 2 nitrogen and oxygen atoms in total. The lowest BCUT2D eigenvalue weighted by molar-refractivity contribution is -0.156. The molecule has 0 bridgehead atoms. The second-order valence-electron chi connectivity index (χ2n) is 4.31. The van der Waals surface area contributed by atoms with Crippen LogP contribution in [0.1, 0.15) is 58.8 Å². The fraction of sp³-hybridized carbons (Fsp3) is 0.769. The summed E-state index contributed by atoms with van der Waals surface area (Å²) in [7, 11) is 0. The van der Waals surface area contributed by atoms with Gasteiger partial charge >= 0.3 is 5.97 Å². The molecule has 16 heavy (non-hydrogen) atoms. The Morgan fingerprint density at radius 3 is 2.50 bits per heavy atom. The van der Waals surface area contributed by atoms with Crippen molar-refractivity contribution in [1.29, 1.82) is 0 Å². The quantitative estimate of drug-likeness (QED) is 0.396. The Morgan fingerprint density at radius 2 is 1.94 bits per heavy atom. The number of unbranched alkanes of at least 4 members (excludes halogenated alkanes) is 3. The number of carbonyl (C=O) groups is 1. The minimum absolute atomic E-state index is 0.0604. The van der Waals surface area contributed by atoms with Gasteiger partial charge in [0.15, 0.2) is 0 Å². The number of hydrogen-bond donors (Lipinski definition) is 0. The van der Waals surface area contributed by atoms with E-state index in [2.05, 4.69) is 29.8 Å². The summed E-state index contributed by atoms with van der Waals surface area (Å²) in [6.45, 7) is 4.34. The molecule has 1 heterocycles. The molecule has 3 heteroatoms. The summed E-state index contributed by atoms with van der Waals surface area (Å²) in [6.07, 6.45) is 7.85. The number of hydrogen-bond acceptors (Lipinski definition) is 2. The Balaban J connectivity index is 2.45. The first-order chi connectivity index (χ1) is 7.70. The lowest BCUT2D eigenvalue weighted by Crippen LogP contribution is -2.37. The summed E-state index contributed by atoms with van der Waals surface area (Å²) in [5.41, 5.74) is 0.893. The fourth-order valence-corrected chi connectivity index (χ4v) is 2.56. The minimum atomic E-state index is -0.121. The van der Waals surface area contributed by atoms with E-state index in [4.69, 9.17) is 4.74 Å². The number of ether oxygens (including phenoxy) is 1. The zero-order chi connectivity index (χ0) is 12.0. The van der Waals surface area contributed by atoms with E-state index in [0.717, 1.165) is 42.2 Å². The maximum atomic E-state index is 11.4. The lowest BCUT2D eigenvalue weighted by Gasteiger charge is -2.30. The standard InChI is InChI=1S/C13H21BrO2/c1-3-5-7-9-11-12(13(15)16-11)10(14)8-6-4-2/h11H,3-9H2,1-2H3/b12-10-. The molecule has 0 spiro atoms. The van der Waals surface area contributed by atoms with Crippen LogP contribution in [0.15, 0.2) is 10.1 Å². The second-order valence-corrected chi connectivity index (χ2v) is 5.27. The summed E-state index contributed by atoms with van der Waals surface area (Å²) in [5.74, 6) is -0.121. The summed E-state index contributed by atoms with van der Waals surface area (Å²) in [6, 6.07) is 0. The van der Waals surface area contributed by atoms with Gasteiger partial charge in [-0.1, -0.05) is 49.0 Å². The molecule has 1 saturated heterocycles. The molecule has 0 saturated carbocycles.